The van der Waals surface area contributed by atoms with Crippen molar-refractivity contribution in [3.05, 3.63) is 56.9 Å². The molecule has 8 heteroatoms. The number of hydrogen-bond acceptors (Lipinski definition) is 3. The van der Waals surface area contributed by atoms with Crippen LogP contribution in [0.2, 0.25) is 10.0 Å². The second-order valence-corrected chi connectivity index (χ2v) is 6.20. The fourth-order valence-electron chi connectivity index (χ4n) is 2.06. The largest absolute Gasteiger partial charge is 0.365 e. The van der Waals surface area contributed by atoms with E-state index in [1.807, 2.05) is 6.07 Å². The van der Waals surface area contributed by atoms with Gasteiger partial charge in [0.1, 0.15) is 5.02 Å². The molecule has 2 aromatic heterocycles. The Labute approximate surface area is 144 Å². The zero-order chi connectivity index (χ0) is 15.9. The Bertz CT molecular complexity index is 894. The molecule has 1 aromatic carbocycles. The van der Waals surface area contributed by atoms with Crippen molar-refractivity contribution in [3.8, 4) is 0 Å². The summed E-state index contributed by atoms with van der Waals surface area (Å²) in [4.78, 5) is 15.9. The minimum Gasteiger partial charge on any atom is -0.365 e. The van der Waals surface area contributed by atoms with Gasteiger partial charge in [-0.05, 0) is 18.2 Å². The molecule has 0 aliphatic carbocycles. The fourth-order valence-corrected chi connectivity index (χ4v) is 3.07. The first-order valence-electron chi connectivity index (χ1n) is 6.14. The molecule has 0 spiro atoms. The monoisotopic (exact) mass is 398 g/mol. The van der Waals surface area contributed by atoms with E-state index in [1.165, 1.54) is 0 Å². The minimum absolute atomic E-state index is 0.245. The van der Waals surface area contributed by atoms with Crippen LogP contribution < -0.4 is 11.1 Å². The van der Waals surface area contributed by atoms with Gasteiger partial charge < -0.3 is 15.5 Å². The topological polar surface area (TPSA) is 72.4 Å². The number of nitrogens with one attached hydrogen (secondary N) is 1. The molecule has 0 aliphatic heterocycles. The van der Waals surface area contributed by atoms with Gasteiger partial charge in [0.25, 0.3) is 5.91 Å². The average Bonchev–Trinajstić information content (AvgIpc) is 2.92. The minimum atomic E-state index is -0.603. The summed E-state index contributed by atoms with van der Waals surface area (Å²) in [5, 5.41) is 3.83. The fraction of sp³-hybridized carbons (Fsp3) is 0. The van der Waals surface area contributed by atoms with Gasteiger partial charge in [0, 0.05) is 23.1 Å². The van der Waals surface area contributed by atoms with Gasteiger partial charge >= 0.3 is 0 Å². The van der Waals surface area contributed by atoms with E-state index in [1.54, 1.807) is 35.1 Å². The Morgan fingerprint density at radius 2 is 2.14 bits per heavy atom. The number of nitrogens with two attached hydrogens (primary N) is 1. The number of anilines is 2. The van der Waals surface area contributed by atoms with Gasteiger partial charge in [0.15, 0.2) is 5.65 Å². The molecule has 3 N–H and O–H groups in total. The highest BCUT2D eigenvalue weighted by Crippen LogP contribution is 2.35. The van der Waals surface area contributed by atoms with Gasteiger partial charge in [0.05, 0.1) is 22.0 Å². The number of primary amides is 1. The molecule has 3 rings (SSSR count). The van der Waals surface area contributed by atoms with E-state index in [0.29, 0.717) is 27.1 Å². The lowest BCUT2D eigenvalue weighted by molar-refractivity contribution is 0.100. The molecule has 0 saturated heterocycles. The normalized spacial score (nSPS) is 10.9. The summed E-state index contributed by atoms with van der Waals surface area (Å²) < 4.78 is 2.48. The number of aromatic nitrogens is 2. The Morgan fingerprint density at radius 3 is 2.82 bits per heavy atom. The van der Waals surface area contributed by atoms with Crippen molar-refractivity contribution in [2.24, 2.45) is 5.73 Å². The summed E-state index contributed by atoms with van der Waals surface area (Å²) in [7, 11) is 0. The maximum absolute atomic E-state index is 11.7. The number of carbonyl (C=O) groups is 1. The Morgan fingerprint density at radius 1 is 1.36 bits per heavy atom. The quantitative estimate of drug-likeness (QED) is 0.691. The van der Waals surface area contributed by atoms with Crippen molar-refractivity contribution < 1.29 is 4.79 Å². The molecule has 0 atom stereocenters. The number of hydrogen-bond donors (Lipinski definition) is 2. The number of benzene rings is 1. The standard InChI is InChI=1S/C14H9BrCl2N4O/c15-7-1-2-10(9(16)5-7)20-12-8(13(18)22)6-21-4-3-19-14(21)11(12)17/h1-6,20H,(H2,18,22). The highest BCUT2D eigenvalue weighted by Gasteiger charge is 2.18. The molecular weight excluding hydrogens is 391 g/mol. The zero-order valence-electron chi connectivity index (χ0n) is 11.0. The van der Waals surface area contributed by atoms with E-state index >= 15 is 0 Å². The molecule has 0 saturated carbocycles. The predicted octanol–water partition coefficient (Wildman–Crippen LogP) is 4.25. The molecule has 3 aromatic rings. The first kappa shape index (κ1) is 15.1. The molecule has 22 heavy (non-hydrogen) atoms. The van der Waals surface area contributed by atoms with E-state index in [0.717, 1.165) is 4.47 Å². The van der Waals surface area contributed by atoms with Crippen LogP contribution in [0.1, 0.15) is 10.4 Å². The van der Waals surface area contributed by atoms with Crippen molar-refractivity contribution >= 4 is 62.1 Å². The van der Waals surface area contributed by atoms with Crippen LogP contribution in [0.15, 0.2) is 41.3 Å². The van der Waals surface area contributed by atoms with Crippen molar-refractivity contribution in [3.63, 3.8) is 0 Å². The number of imidazole rings is 1. The third kappa shape index (κ3) is 2.65. The SMILES string of the molecule is NC(=O)c1cn2ccnc2c(Cl)c1Nc1ccc(Br)cc1Cl. The molecule has 0 bridgehead atoms. The van der Waals surface area contributed by atoms with Crippen LogP contribution >= 0.6 is 39.1 Å². The first-order valence-corrected chi connectivity index (χ1v) is 7.69. The van der Waals surface area contributed by atoms with Crippen LogP contribution in [-0.2, 0) is 0 Å². The molecule has 0 fully saturated rings. The van der Waals surface area contributed by atoms with Gasteiger partial charge in [-0.1, -0.05) is 39.1 Å². The highest BCUT2D eigenvalue weighted by molar-refractivity contribution is 9.10. The lowest BCUT2D eigenvalue weighted by Gasteiger charge is -2.14. The number of nitrogens with zero attached hydrogens (tertiary/aromatic N) is 2. The number of rotatable bonds is 3. The lowest BCUT2D eigenvalue weighted by atomic mass is 10.2. The van der Waals surface area contributed by atoms with Crippen molar-refractivity contribution in [2.75, 3.05) is 5.32 Å². The van der Waals surface area contributed by atoms with Crippen molar-refractivity contribution in [2.45, 2.75) is 0 Å². The summed E-state index contributed by atoms with van der Waals surface area (Å²) in [6, 6.07) is 5.32. The third-order valence-electron chi connectivity index (χ3n) is 3.08. The van der Waals surface area contributed by atoms with Crippen molar-refractivity contribution in [1.29, 1.82) is 0 Å². The molecule has 1 amide bonds. The van der Waals surface area contributed by atoms with Crippen molar-refractivity contribution in [1.82, 2.24) is 9.38 Å². The number of carbonyl (C=O) groups excluding carboxylic acids is 1. The molecule has 0 unspecified atom stereocenters. The molecule has 112 valence electrons. The van der Waals surface area contributed by atoms with Gasteiger partial charge in [-0.2, -0.15) is 0 Å². The van der Waals surface area contributed by atoms with E-state index in [-0.39, 0.29) is 5.56 Å². The maximum Gasteiger partial charge on any atom is 0.252 e. The van der Waals surface area contributed by atoms with Gasteiger partial charge in [-0.3, -0.25) is 4.79 Å². The van der Waals surface area contributed by atoms with E-state index < -0.39 is 5.91 Å². The Hall–Kier alpha value is -1.76. The molecular formula is C14H9BrCl2N4O. The van der Waals surface area contributed by atoms with Gasteiger partial charge in [-0.25, -0.2) is 4.98 Å². The summed E-state index contributed by atoms with van der Waals surface area (Å²) in [6.07, 6.45) is 4.85. The Kier molecular flexibility index (Phi) is 3.99. The molecule has 5 nitrogen and oxygen atoms in total. The molecule has 0 radical (unpaired) electrons. The van der Waals surface area contributed by atoms with E-state index in [2.05, 4.69) is 26.2 Å². The summed E-state index contributed by atoms with van der Waals surface area (Å²) >= 11 is 15.9. The average molecular weight is 400 g/mol. The van der Waals surface area contributed by atoms with Crippen LogP contribution in [0.5, 0.6) is 0 Å². The highest BCUT2D eigenvalue weighted by atomic mass is 79.9. The molecule has 2 heterocycles. The Balaban J connectivity index is 2.18. The first-order chi connectivity index (χ1) is 10.5. The van der Waals surface area contributed by atoms with Gasteiger partial charge in [0.2, 0.25) is 0 Å². The maximum atomic E-state index is 11.7. The van der Waals surface area contributed by atoms with Crippen LogP contribution in [0.4, 0.5) is 11.4 Å². The van der Waals surface area contributed by atoms with E-state index in [9.17, 15) is 4.79 Å². The second-order valence-electron chi connectivity index (χ2n) is 4.50. The molecule has 0 aliphatic rings. The zero-order valence-corrected chi connectivity index (χ0v) is 14.1. The van der Waals surface area contributed by atoms with E-state index in [4.69, 9.17) is 28.9 Å². The summed E-state index contributed by atoms with van der Waals surface area (Å²) in [5.41, 5.74) is 7.18. The van der Waals surface area contributed by atoms with Crippen LogP contribution in [-0.4, -0.2) is 15.3 Å². The van der Waals surface area contributed by atoms with Crippen LogP contribution in [0.3, 0.4) is 0 Å². The predicted molar refractivity (Wildman–Crippen MR) is 91.2 cm³/mol. The number of amides is 1. The number of fused-ring (bicyclic) bond motifs is 1. The van der Waals surface area contributed by atoms with Crippen LogP contribution in [0.25, 0.3) is 5.65 Å². The second kappa shape index (κ2) is 5.79. The lowest BCUT2D eigenvalue weighted by Crippen LogP contribution is -2.15. The summed E-state index contributed by atoms with van der Waals surface area (Å²) in [5.74, 6) is -0.603. The number of halogens is 3. The third-order valence-corrected chi connectivity index (χ3v) is 4.24. The summed E-state index contributed by atoms with van der Waals surface area (Å²) in [6.45, 7) is 0. The van der Waals surface area contributed by atoms with Crippen LogP contribution in [0, 0.1) is 0 Å². The van der Waals surface area contributed by atoms with Gasteiger partial charge in [-0.15, -0.1) is 0 Å². The smallest absolute Gasteiger partial charge is 0.252 e. The number of pyridine rings is 1.